The van der Waals surface area contributed by atoms with Gasteiger partial charge >= 0.3 is 0 Å². The largest absolute Gasteiger partial charge is 0.497 e. The van der Waals surface area contributed by atoms with E-state index in [1.54, 1.807) is 25.5 Å². The van der Waals surface area contributed by atoms with E-state index < -0.39 is 0 Å². The maximum absolute atomic E-state index is 5.32. The molecule has 2 aromatic rings. The smallest absolute Gasteiger partial charge is 0.191 e. The van der Waals surface area contributed by atoms with E-state index in [4.69, 9.17) is 4.74 Å². The Bertz CT molecular complexity index is 694. The molecule has 0 amide bonds. The lowest BCUT2D eigenvalue weighted by molar-refractivity contribution is 0.414. The summed E-state index contributed by atoms with van der Waals surface area (Å²) in [6.07, 6.45) is 0. The molecule has 130 valence electrons. The van der Waals surface area contributed by atoms with Crippen molar-refractivity contribution in [3.05, 3.63) is 45.4 Å². The topological polar surface area (TPSA) is 58.5 Å². The van der Waals surface area contributed by atoms with Gasteiger partial charge in [-0.15, -0.1) is 11.3 Å². The van der Waals surface area contributed by atoms with E-state index in [0.717, 1.165) is 28.0 Å². The molecule has 0 aliphatic carbocycles. The minimum atomic E-state index is 0.462. The van der Waals surface area contributed by atoms with E-state index in [1.165, 1.54) is 5.56 Å². The van der Waals surface area contributed by atoms with Gasteiger partial charge in [0.1, 0.15) is 10.8 Å². The van der Waals surface area contributed by atoms with Gasteiger partial charge in [-0.2, -0.15) is 0 Å². The molecular weight excluding hydrogens is 320 g/mol. The number of thiazole rings is 1. The molecule has 2 rings (SSSR count). The first-order chi connectivity index (χ1) is 11.5. The highest BCUT2D eigenvalue weighted by molar-refractivity contribution is 7.09. The number of rotatable bonds is 6. The average molecular weight is 347 g/mol. The first kappa shape index (κ1) is 18.3. The summed E-state index contributed by atoms with van der Waals surface area (Å²) in [5.74, 6) is 2.10. The third-order valence-corrected chi connectivity index (χ3v) is 4.47. The van der Waals surface area contributed by atoms with Crippen molar-refractivity contribution in [3.63, 3.8) is 0 Å². The molecular formula is C18H26N4OS. The zero-order valence-electron chi connectivity index (χ0n) is 15.0. The quantitative estimate of drug-likeness (QED) is 0.621. The van der Waals surface area contributed by atoms with Gasteiger partial charge in [-0.1, -0.05) is 19.9 Å². The van der Waals surface area contributed by atoms with Crippen LogP contribution in [-0.4, -0.2) is 25.1 Å². The minimum absolute atomic E-state index is 0.462. The lowest BCUT2D eigenvalue weighted by Crippen LogP contribution is -2.36. The third-order valence-electron chi connectivity index (χ3n) is 3.60. The van der Waals surface area contributed by atoms with Gasteiger partial charge in [-0.25, -0.2) is 4.98 Å². The maximum Gasteiger partial charge on any atom is 0.191 e. The average Bonchev–Trinajstić information content (AvgIpc) is 3.03. The highest BCUT2D eigenvalue weighted by Gasteiger charge is 2.06. The van der Waals surface area contributed by atoms with Gasteiger partial charge < -0.3 is 15.4 Å². The Kier molecular flexibility index (Phi) is 6.61. The molecule has 2 N–H and O–H groups in total. The molecule has 0 unspecified atom stereocenters. The van der Waals surface area contributed by atoms with E-state index in [2.05, 4.69) is 52.8 Å². The lowest BCUT2D eigenvalue weighted by atomic mass is 10.1. The van der Waals surface area contributed by atoms with E-state index in [-0.39, 0.29) is 0 Å². The molecule has 1 aromatic carbocycles. The summed E-state index contributed by atoms with van der Waals surface area (Å²) in [7, 11) is 3.46. The van der Waals surface area contributed by atoms with Crippen LogP contribution in [0.1, 0.15) is 41.6 Å². The third kappa shape index (κ3) is 5.23. The Morgan fingerprint density at radius 2 is 2.00 bits per heavy atom. The molecule has 0 saturated carbocycles. The highest BCUT2D eigenvalue weighted by atomic mass is 32.1. The molecule has 6 heteroatoms. The Morgan fingerprint density at radius 1 is 1.25 bits per heavy atom. The second-order valence-corrected chi connectivity index (χ2v) is 6.90. The number of hydrogen-bond donors (Lipinski definition) is 2. The Labute approximate surface area is 148 Å². The van der Waals surface area contributed by atoms with Gasteiger partial charge in [0.25, 0.3) is 0 Å². The van der Waals surface area contributed by atoms with Gasteiger partial charge in [-0.3, -0.25) is 4.99 Å². The standard InChI is InChI=1S/C18H26N4OS/c1-12(2)16-11-24-17(22-16)10-21-18(19-4)20-9-14-6-13(3)7-15(8-14)23-5/h6-8,11-12H,9-10H2,1-5H3,(H2,19,20,21). The zero-order chi connectivity index (χ0) is 17.5. The summed E-state index contributed by atoms with van der Waals surface area (Å²) in [6, 6.07) is 6.19. The molecule has 0 aliphatic heterocycles. The molecule has 0 bridgehead atoms. The summed E-state index contributed by atoms with van der Waals surface area (Å²) >= 11 is 1.68. The predicted octanol–water partition coefficient (Wildman–Crippen LogP) is 3.45. The number of aryl methyl sites for hydroxylation is 1. The van der Waals surface area contributed by atoms with Gasteiger partial charge in [0.05, 0.1) is 19.3 Å². The summed E-state index contributed by atoms with van der Waals surface area (Å²) in [5, 5.41) is 9.82. The van der Waals surface area contributed by atoms with E-state index in [0.29, 0.717) is 19.0 Å². The summed E-state index contributed by atoms with van der Waals surface area (Å²) in [4.78, 5) is 8.89. The maximum atomic E-state index is 5.32. The van der Waals surface area contributed by atoms with Crippen LogP contribution in [0, 0.1) is 6.92 Å². The minimum Gasteiger partial charge on any atom is -0.497 e. The van der Waals surface area contributed by atoms with Crippen molar-refractivity contribution in [2.24, 2.45) is 4.99 Å². The van der Waals surface area contributed by atoms with Crippen LogP contribution in [-0.2, 0) is 13.1 Å². The number of nitrogens with zero attached hydrogens (tertiary/aromatic N) is 2. The molecule has 0 aliphatic rings. The van der Waals surface area contributed by atoms with E-state index >= 15 is 0 Å². The number of aromatic nitrogens is 1. The second-order valence-electron chi connectivity index (χ2n) is 5.96. The fourth-order valence-corrected chi connectivity index (χ4v) is 3.18. The molecule has 0 radical (unpaired) electrons. The van der Waals surface area contributed by atoms with Crippen LogP contribution in [0.15, 0.2) is 28.6 Å². The van der Waals surface area contributed by atoms with Crippen molar-refractivity contribution < 1.29 is 4.74 Å². The van der Waals surface area contributed by atoms with Crippen molar-refractivity contribution in [2.75, 3.05) is 14.2 Å². The molecule has 0 fully saturated rings. The van der Waals surface area contributed by atoms with Crippen molar-refractivity contribution in [1.82, 2.24) is 15.6 Å². The van der Waals surface area contributed by atoms with Crippen LogP contribution in [0.25, 0.3) is 0 Å². The van der Waals surface area contributed by atoms with Crippen molar-refractivity contribution in [1.29, 1.82) is 0 Å². The lowest BCUT2D eigenvalue weighted by Gasteiger charge is -2.12. The zero-order valence-corrected chi connectivity index (χ0v) is 15.8. The Balaban J connectivity index is 1.89. The van der Waals surface area contributed by atoms with Gasteiger partial charge in [0.15, 0.2) is 5.96 Å². The SMILES string of the molecule is CN=C(NCc1cc(C)cc(OC)c1)NCc1nc(C(C)C)cs1. The van der Waals surface area contributed by atoms with Crippen LogP contribution in [0.3, 0.4) is 0 Å². The summed E-state index contributed by atoms with van der Waals surface area (Å²) < 4.78 is 5.32. The Morgan fingerprint density at radius 3 is 2.62 bits per heavy atom. The van der Waals surface area contributed by atoms with Crippen molar-refractivity contribution in [2.45, 2.75) is 39.8 Å². The fraction of sp³-hybridized carbons (Fsp3) is 0.444. The first-order valence-corrected chi connectivity index (χ1v) is 8.93. The van der Waals surface area contributed by atoms with Gasteiger partial charge in [0.2, 0.25) is 0 Å². The monoisotopic (exact) mass is 346 g/mol. The molecule has 0 atom stereocenters. The normalized spacial score (nSPS) is 11.7. The number of hydrogen-bond acceptors (Lipinski definition) is 4. The number of aliphatic imine (C=N–C) groups is 1. The van der Waals surface area contributed by atoms with Crippen LogP contribution < -0.4 is 15.4 Å². The van der Waals surface area contributed by atoms with Crippen LogP contribution in [0.2, 0.25) is 0 Å². The van der Waals surface area contributed by atoms with Gasteiger partial charge in [-0.05, 0) is 36.1 Å². The number of nitrogens with one attached hydrogen (secondary N) is 2. The van der Waals surface area contributed by atoms with Crippen molar-refractivity contribution >= 4 is 17.3 Å². The summed E-state index contributed by atoms with van der Waals surface area (Å²) in [6.45, 7) is 7.74. The summed E-state index contributed by atoms with van der Waals surface area (Å²) in [5.41, 5.74) is 3.48. The molecule has 0 saturated heterocycles. The first-order valence-electron chi connectivity index (χ1n) is 8.05. The van der Waals surface area contributed by atoms with Crippen LogP contribution in [0.4, 0.5) is 0 Å². The molecule has 0 spiro atoms. The molecule has 1 heterocycles. The van der Waals surface area contributed by atoms with E-state index in [9.17, 15) is 0 Å². The fourth-order valence-electron chi connectivity index (χ4n) is 2.28. The van der Waals surface area contributed by atoms with Crippen LogP contribution >= 0.6 is 11.3 Å². The highest BCUT2D eigenvalue weighted by Crippen LogP contribution is 2.18. The molecule has 5 nitrogen and oxygen atoms in total. The number of ether oxygens (including phenoxy) is 1. The number of methoxy groups -OCH3 is 1. The van der Waals surface area contributed by atoms with E-state index in [1.807, 2.05) is 12.1 Å². The van der Waals surface area contributed by atoms with Crippen molar-refractivity contribution in [3.8, 4) is 5.75 Å². The van der Waals surface area contributed by atoms with Gasteiger partial charge in [0, 0.05) is 19.0 Å². The predicted molar refractivity (Wildman–Crippen MR) is 101 cm³/mol. The number of benzene rings is 1. The van der Waals surface area contributed by atoms with Crippen LogP contribution in [0.5, 0.6) is 5.75 Å². The Hall–Kier alpha value is -2.08. The molecule has 1 aromatic heterocycles. The molecule has 24 heavy (non-hydrogen) atoms. The number of guanidine groups is 1. The second kappa shape index (κ2) is 8.68.